The molecule has 3 amide bonds. The Morgan fingerprint density at radius 3 is 2.37 bits per heavy atom. The third-order valence-electron chi connectivity index (χ3n) is 8.52. The maximum absolute atomic E-state index is 14.1. The summed E-state index contributed by atoms with van der Waals surface area (Å²) in [5, 5.41) is 4.84. The van der Waals surface area contributed by atoms with Crippen molar-refractivity contribution in [2.45, 2.75) is 12.2 Å². The predicted molar refractivity (Wildman–Crippen MR) is 174 cm³/mol. The molecule has 0 radical (unpaired) electrons. The highest BCUT2D eigenvalue weighted by Crippen LogP contribution is 2.50. The van der Waals surface area contributed by atoms with E-state index in [1.54, 1.807) is 26.5 Å². The zero-order chi connectivity index (χ0) is 31.8. The molecule has 1 aromatic heterocycles. The largest absolute Gasteiger partial charge is 0.497 e. The fraction of sp³-hybridized carbons (Fsp3) is 0.294. The van der Waals surface area contributed by atoms with Gasteiger partial charge in [-0.3, -0.25) is 19.3 Å². The number of methoxy groups -OCH3 is 1. The molecular weight excluding hydrogens is 606 g/mol. The molecule has 1 atom stereocenters. The topological polar surface area (TPSA) is 106 Å². The third-order valence-corrected chi connectivity index (χ3v) is 9.78. The molecule has 0 saturated carbocycles. The zero-order valence-electron chi connectivity index (χ0n) is 25.5. The van der Waals surface area contributed by atoms with Gasteiger partial charge in [-0.15, -0.1) is 11.8 Å². The molecule has 0 N–H and O–H groups in total. The summed E-state index contributed by atoms with van der Waals surface area (Å²) in [6.07, 6.45) is 0. The second kappa shape index (κ2) is 12.4. The Morgan fingerprint density at radius 2 is 1.65 bits per heavy atom. The number of thioether (sulfide) groups is 1. The van der Waals surface area contributed by atoms with Crippen molar-refractivity contribution in [3.63, 3.8) is 0 Å². The molecule has 1 fully saturated rings. The SMILES string of the molecule is COc1ccc(-n2nc(-c3ccccc3)c3c2N(CC(=O)N2CCN(C(C)=O)CC2)C(=O)CSC3c2ccc3c(c2)OCO3)cc1. The van der Waals surface area contributed by atoms with E-state index in [0.717, 1.165) is 22.4 Å². The summed E-state index contributed by atoms with van der Waals surface area (Å²) in [6.45, 7) is 3.28. The molecule has 12 heteroatoms. The Hall–Kier alpha value is -4.97. The highest BCUT2D eigenvalue weighted by Gasteiger charge is 2.39. The number of hydrogen-bond donors (Lipinski definition) is 0. The Labute approximate surface area is 270 Å². The number of amides is 3. The minimum absolute atomic E-state index is 0.0112. The van der Waals surface area contributed by atoms with E-state index in [2.05, 4.69) is 0 Å². The van der Waals surface area contributed by atoms with Crippen LogP contribution in [0.15, 0.2) is 72.8 Å². The number of ether oxygens (including phenoxy) is 3. The second-order valence-electron chi connectivity index (χ2n) is 11.2. The monoisotopic (exact) mass is 639 g/mol. The van der Waals surface area contributed by atoms with Crippen LogP contribution >= 0.6 is 11.8 Å². The number of aromatic nitrogens is 2. The van der Waals surface area contributed by atoms with Crippen LogP contribution in [0.3, 0.4) is 0 Å². The predicted octanol–water partition coefficient (Wildman–Crippen LogP) is 4.14. The third kappa shape index (κ3) is 5.53. The number of carbonyl (C=O) groups excluding carboxylic acids is 3. The van der Waals surface area contributed by atoms with Crippen molar-refractivity contribution < 1.29 is 28.6 Å². The maximum atomic E-state index is 14.1. The van der Waals surface area contributed by atoms with Crippen molar-refractivity contribution >= 4 is 35.3 Å². The van der Waals surface area contributed by atoms with Crippen LogP contribution in [0.2, 0.25) is 0 Å². The fourth-order valence-electron chi connectivity index (χ4n) is 6.08. The molecule has 7 rings (SSSR count). The van der Waals surface area contributed by atoms with Gasteiger partial charge in [0, 0.05) is 44.2 Å². The maximum Gasteiger partial charge on any atom is 0.242 e. The van der Waals surface area contributed by atoms with E-state index in [4.69, 9.17) is 19.3 Å². The van der Waals surface area contributed by atoms with Crippen molar-refractivity contribution in [2.75, 3.05) is 57.3 Å². The Bertz CT molecular complexity index is 1790. The van der Waals surface area contributed by atoms with E-state index in [9.17, 15) is 14.4 Å². The molecule has 0 bridgehead atoms. The van der Waals surface area contributed by atoms with Gasteiger partial charge >= 0.3 is 0 Å². The summed E-state index contributed by atoms with van der Waals surface area (Å²) in [7, 11) is 1.61. The smallest absolute Gasteiger partial charge is 0.242 e. The molecule has 3 aliphatic rings. The van der Waals surface area contributed by atoms with Crippen LogP contribution in [0.4, 0.5) is 5.82 Å². The highest BCUT2D eigenvalue weighted by molar-refractivity contribution is 8.00. The number of nitrogens with zero attached hydrogens (tertiary/aromatic N) is 5. The van der Waals surface area contributed by atoms with Gasteiger partial charge in [0.15, 0.2) is 11.5 Å². The Balaban J connectivity index is 1.38. The number of anilines is 1. The van der Waals surface area contributed by atoms with Crippen molar-refractivity contribution in [1.29, 1.82) is 0 Å². The van der Waals surface area contributed by atoms with Crippen LogP contribution in [-0.2, 0) is 14.4 Å². The molecule has 0 aliphatic carbocycles. The number of carbonyl (C=O) groups is 3. The van der Waals surface area contributed by atoms with E-state index < -0.39 is 0 Å². The standard InChI is InChI=1S/C34H33N5O6S/c1-22(40)36-14-16-37(17-15-36)29(41)19-38-30(42)20-46-33(24-8-13-27-28(18-24)45-21-44-27)31-32(23-6-4-3-5-7-23)35-39(34(31)38)25-9-11-26(43-2)12-10-25/h3-13,18,33H,14-17,19-21H2,1-2H3. The summed E-state index contributed by atoms with van der Waals surface area (Å²) >= 11 is 1.50. The van der Waals surface area contributed by atoms with Gasteiger partial charge in [0.1, 0.15) is 18.1 Å². The average Bonchev–Trinajstić information content (AvgIpc) is 3.69. The minimum atomic E-state index is -0.310. The molecule has 0 spiro atoms. The molecule has 1 unspecified atom stereocenters. The molecule has 4 heterocycles. The summed E-state index contributed by atoms with van der Waals surface area (Å²) < 4.78 is 18.5. The van der Waals surface area contributed by atoms with Gasteiger partial charge in [-0.25, -0.2) is 4.68 Å². The van der Waals surface area contributed by atoms with Crippen LogP contribution in [0.5, 0.6) is 17.2 Å². The van der Waals surface area contributed by atoms with E-state index in [1.807, 2.05) is 72.8 Å². The fourth-order valence-corrected chi connectivity index (χ4v) is 7.27. The quantitative estimate of drug-likeness (QED) is 0.310. The first-order valence-corrected chi connectivity index (χ1v) is 16.1. The van der Waals surface area contributed by atoms with Gasteiger partial charge in [-0.2, -0.15) is 5.10 Å². The van der Waals surface area contributed by atoms with Gasteiger partial charge in [-0.05, 0) is 42.0 Å². The lowest BCUT2D eigenvalue weighted by Crippen LogP contribution is -2.53. The molecule has 46 heavy (non-hydrogen) atoms. The van der Waals surface area contributed by atoms with Gasteiger partial charge in [0.2, 0.25) is 24.5 Å². The molecule has 4 aromatic rings. The number of rotatable bonds is 6. The van der Waals surface area contributed by atoms with Crippen LogP contribution in [-0.4, -0.2) is 89.7 Å². The normalized spacial score (nSPS) is 17.5. The van der Waals surface area contributed by atoms with Crippen LogP contribution in [0.1, 0.15) is 23.3 Å². The van der Waals surface area contributed by atoms with Crippen molar-refractivity contribution in [3.05, 3.63) is 83.9 Å². The summed E-state index contributed by atoms with van der Waals surface area (Å²) in [5.41, 5.74) is 4.08. The summed E-state index contributed by atoms with van der Waals surface area (Å²) in [6, 6.07) is 23.2. The van der Waals surface area contributed by atoms with Gasteiger partial charge in [-0.1, -0.05) is 36.4 Å². The van der Waals surface area contributed by atoms with Crippen LogP contribution in [0.25, 0.3) is 16.9 Å². The van der Waals surface area contributed by atoms with Gasteiger partial charge < -0.3 is 24.0 Å². The number of fused-ring (bicyclic) bond motifs is 2. The first kappa shape index (κ1) is 29.7. The highest BCUT2D eigenvalue weighted by atomic mass is 32.2. The molecule has 11 nitrogen and oxygen atoms in total. The molecule has 1 saturated heterocycles. The zero-order valence-corrected chi connectivity index (χ0v) is 26.4. The lowest BCUT2D eigenvalue weighted by atomic mass is 9.99. The van der Waals surface area contributed by atoms with E-state index in [0.29, 0.717) is 54.9 Å². The molecule has 3 aromatic carbocycles. The van der Waals surface area contributed by atoms with Crippen molar-refractivity contribution in [2.24, 2.45) is 0 Å². The van der Waals surface area contributed by atoms with Crippen molar-refractivity contribution in [1.82, 2.24) is 19.6 Å². The van der Waals surface area contributed by atoms with Gasteiger partial charge in [0.05, 0.1) is 29.5 Å². The van der Waals surface area contributed by atoms with E-state index >= 15 is 0 Å². The average molecular weight is 640 g/mol. The molecule has 3 aliphatic heterocycles. The summed E-state index contributed by atoms with van der Waals surface area (Å²) in [4.78, 5) is 44.9. The number of benzene rings is 3. The summed E-state index contributed by atoms with van der Waals surface area (Å²) in [5.74, 6) is 2.31. The lowest BCUT2D eigenvalue weighted by molar-refractivity contribution is -0.137. The Morgan fingerprint density at radius 1 is 0.935 bits per heavy atom. The second-order valence-corrected chi connectivity index (χ2v) is 12.3. The van der Waals surface area contributed by atoms with E-state index in [1.165, 1.54) is 18.7 Å². The first-order chi connectivity index (χ1) is 22.4. The van der Waals surface area contributed by atoms with E-state index in [-0.39, 0.29) is 42.1 Å². The van der Waals surface area contributed by atoms with Crippen molar-refractivity contribution in [3.8, 4) is 34.2 Å². The van der Waals surface area contributed by atoms with Crippen LogP contribution < -0.4 is 19.1 Å². The molecular formula is C34H33N5O6S. The molecule has 236 valence electrons. The lowest BCUT2D eigenvalue weighted by Gasteiger charge is -2.35. The first-order valence-electron chi connectivity index (χ1n) is 15.1. The number of hydrogen-bond acceptors (Lipinski definition) is 8. The van der Waals surface area contributed by atoms with Gasteiger partial charge in [0.25, 0.3) is 0 Å². The minimum Gasteiger partial charge on any atom is -0.497 e. The number of piperazine rings is 1. The Kier molecular flexibility index (Phi) is 8.03. The van der Waals surface area contributed by atoms with Crippen LogP contribution in [0, 0.1) is 0 Å².